The van der Waals surface area contributed by atoms with Crippen molar-refractivity contribution < 1.29 is 36.9 Å². The van der Waals surface area contributed by atoms with Crippen molar-refractivity contribution in [1.29, 1.82) is 0 Å². The second-order valence-corrected chi connectivity index (χ2v) is 7.12. The van der Waals surface area contributed by atoms with Gasteiger partial charge in [-0.2, -0.15) is 0 Å². The maximum atomic E-state index is 13.0. The molecule has 6 nitrogen and oxygen atoms in total. The Balaban J connectivity index is 1.61. The monoisotopic (exact) mass is 439 g/mol. The summed E-state index contributed by atoms with van der Waals surface area (Å²) in [6, 6.07) is 10.7. The van der Waals surface area contributed by atoms with E-state index >= 15 is 0 Å². The van der Waals surface area contributed by atoms with Crippen molar-refractivity contribution in [3.8, 4) is 17.2 Å². The number of hydrogen-bond donors (Lipinski definition) is 0. The number of piperidine rings is 1. The lowest BCUT2D eigenvalue weighted by Gasteiger charge is -2.33. The van der Waals surface area contributed by atoms with Crippen molar-refractivity contribution in [1.82, 2.24) is 4.90 Å². The Morgan fingerprint density at radius 1 is 1.06 bits per heavy atom. The molecule has 1 atom stereocenters. The summed E-state index contributed by atoms with van der Waals surface area (Å²) < 4.78 is 57.5. The van der Waals surface area contributed by atoms with Crippen LogP contribution in [-0.4, -0.2) is 50.6 Å². The van der Waals surface area contributed by atoms with Gasteiger partial charge in [-0.3, -0.25) is 4.79 Å². The molecule has 0 saturated carbocycles. The van der Waals surface area contributed by atoms with Gasteiger partial charge in [0, 0.05) is 24.7 Å². The van der Waals surface area contributed by atoms with Gasteiger partial charge in [-0.15, -0.1) is 13.2 Å². The van der Waals surface area contributed by atoms with E-state index in [1.54, 1.807) is 29.2 Å². The molecule has 31 heavy (non-hydrogen) atoms. The van der Waals surface area contributed by atoms with Crippen LogP contribution in [0.1, 0.15) is 28.8 Å². The van der Waals surface area contributed by atoms with Crippen molar-refractivity contribution in [3.63, 3.8) is 0 Å². The molecule has 0 unspecified atom stereocenters. The predicted molar refractivity (Wildman–Crippen MR) is 106 cm³/mol. The van der Waals surface area contributed by atoms with Gasteiger partial charge in [0.1, 0.15) is 17.2 Å². The Bertz CT molecular complexity index is 881. The normalized spacial score (nSPS) is 16.7. The van der Waals surface area contributed by atoms with Crippen LogP contribution in [0.3, 0.4) is 0 Å². The van der Waals surface area contributed by atoms with Crippen LogP contribution in [0, 0.1) is 0 Å². The average Bonchev–Trinajstić information content (AvgIpc) is 2.76. The van der Waals surface area contributed by atoms with Crippen LogP contribution in [0.2, 0.25) is 0 Å². The molecule has 0 bridgehead atoms. The minimum absolute atomic E-state index is 0.120. The van der Waals surface area contributed by atoms with Crippen LogP contribution in [-0.2, 0) is 11.3 Å². The van der Waals surface area contributed by atoms with E-state index in [0.29, 0.717) is 35.7 Å². The van der Waals surface area contributed by atoms with E-state index in [-0.39, 0.29) is 24.4 Å². The molecule has 1 saturated heterocycles. The summed E-state index contributed by atoms with van der Waals surface area (Å²) in [5, 5.41) is 0. The molecule has 0 radical (unpaired) electrons. The summed E-state index contributed by atoms with van der Waals surface area (Å²) in [7, 11) is 3.03. The van der Waals surface area contributed by atoms with E-state index in [1.807, 2.05) is 0 Å². The smallest absolute Gasteiger partial charge is 0.497 e. The number of likely N-dealkylation sites (tertiary alicyclic amines) is 1. The average molecular weight is 439 g/mol. The topological polar surface area (TPSA) is 57.2 Å². The lowest BCUT2D eigenvalue weighted by Crippen LogP contribution is -2.43. The third kappa shape index (κ3) is 6.52. The van der Waals surface area contributed by atoms with Crippen molar-refractivity contribution >= 4 is 5.91 Å². The zero-order valence-electron chi connectivity index (χ0n) is 17.3. The highest BCUT2D eigenvalue weighted by atomic mass is 19.4. The summed E-state index contributed by atoms with van der Waals surface area (Å²) in [6.45, 7) is 1.10. The minimum atomic E-state index is -4.74. The summed E-state index contributed by atoms with van der Waals surface area (Å²) in [4.78, 5) is 14.7. The van der Waals surface area contributed by atoms with E-state index in [2.05, 4.69) is 4.74 Å². The maximum absolute atomic E-state index is 13.0. The van der Waals surface area contributed by atoms with Crippen LogP contribution in [0.4, 0.5) is 13.2 Å². The second-order valence-electron chi connectivity index (χ2n) is 7.12. The molecule has 0 aliphatic carbocycles. The number of halogens is 3. The molecule has 1 aliphatic rings. The molecule has 0 spiro atoms. The maximum Gasteiger partial charge on any atom is 0.573 e. The Labute approximate surface area is 178 Å². The molecule has 0 aromatic heterocycles. The first-order valence-corrected chi connectivity index (χ1v) is 9.76. The van der Waals surface area contributed by atoms with Crippen LogP contribution in [0.15, 0.2) is 42.5 Å². The lowest BCUT2D eigenvalue weighted by molar-refractivity contribution is -0.274. The van der Waals surface area contributed by atoms with Crippen LogP contribution < -0.4 is 14.2 Å². The highest BCUT2D eigenvalue weighted by molar-refractivity contribution is 5.95. The SMILES string of the molecule is COc1cc(OC)cc(C(=O)N2CCC[C@H](OCc3cccc(OC(F)(F)F)c3)C2)c1. The van der Waals surface area contributed by atoms with Crippen LogP contribution in [0.25, 0.3) is 0 Å². The molecule has 168 valence electrons. The Morgan fingerprint density at radius 2 is 1.77 bits per heavy atom. The lowest BCUT2D eigenvalue weighted by atomic mass is 10.1. The van der Waals surface area contributed by atoms with Gasteiger partial charge >= 0.3 is 6.36 Å². The van der Waals surface area contributed by atoms with Crippen molar-refractivity contribution in [2.75, 3.05) is 27.3 Å². The Kier molecular flexibility index (Phi) is 7.27. The summed E-state index contributed by atoms with van der Waals surface area (Å²) in [6.07, 6.45) is -3.46. The number of carbonyl (C=O) groups is 1. The van der Waals surface area contributed by atoms with Gasteiger partial charge in [0.25, 0.3) is 5.91 Å². The molecule has 9 heteroatoms. The van der Waals surface area contributed by atoms with Crippen molar-refractivity contribution in [2.45, 2.75) is 31.9 Å². The van der Waals surface area contributed by atoms with Crippen LogP contribution in [0.5, 0.6) is 17.2 Å². The fourth-order valence-corrected chi connectivity index (χ4v) is 3.42. The number of alkyl halides is 3. The highest BCUT2D eigenvalue weighted by Crippen LogP contribution is 2.26. The fraction of sp³-hybridized carbons (Fsp3) is 0.409. The van der Waals surface area contributed by atoms with Crippen molar-refractivity contribution in [2.24, 2.45) is 0 Å². The summed E-state index contributed by atoms with van der Waals surface area (Å²) in [5.41, 5.74) is 1.01. The standard InChI is InChI=1S/C22H24F3NO5/c1-28-19-10-16(11-20(12-19)29-2)21(27)26-8-4-7-18(13-26)30-14-15-5-3-6-17(9-15)31-22(23,24)25/h3,5-6,9-12,18H,4,7-8,13-14H2,1-2H3/t18-/m0/s1. The predicted octanol–water partition coefficient (Wildman–Crippen LogP) is 4.42. The third-order valence-corrected chi connectivity index (χ3v) is 4.88. The molecule has 0 N–H and O–H groups in total. The molecule has 1 aliphatic heterocycles. The Morgan fingerprint density at radius 3 is 2.42 bits per heavy atom. The fourth-order valence-electron chi connectivity index (χ4n) is 3.42. The van der Waals surface area contributed by atoms with E-state index in [4.69, 9.17) is 14.2 Å². The third-order valence-electron chi connectivity index (χ3n) is 4.88. The number of hydrogen-bond acceptors (Lipinski definition) is 5. The zero-order valence-corrected chi connectivity index (χ0v) is 17.3. The minimum Gasteiger partial charge on any atom is -0.497 e. The quantitative estimate of drug-likeness (QED) is 0.639. The van der Waals surface area contributed by atoms with Gasteiger partial charge in [0.05, 0.1) is 26.9 Å². The molecule has 2 aromatic rings. The number of nitrogens with zero attached hydrogens (tertiary/aromatic N) is 1. The Hall–Kier alpha value is -2.94. The molecule has 1 amide bonds. The molecular weight excluding hydrogens is 415 g/mol. The van der Waals surface area contributed by atoms with Crippen molar-refractivity contribution in [3.05, 3.63) is 53.6 Å². The first kappa shape index (κ1) is 22.7. The zero-order chi connectivity index (χ0) is 22.4. The van der Waals surface area contributed by atoms with Gasteiger partial charge in [0.2, 0.25) is 0 Å². The summed E-state index contributed by atoms with van der Waals surface area (Å²) >= 11 is 0. The summed E-state index contributed by atoms with van der Waals surface area (Å²) in [5.74, 6) is 0.592. The molecule has 3 rings (SSSR count). The van der Waals surface area contributed by atoms with E-state index in [1.165, 1.54) is 32.4 Å². The van der Waals surface area contributed by atoms with Gasteiger partial charge in [-0.1, -0.05) is 12.1 Å². The van der Waals surface area contributed by atoms with E-state index in [0.717, 1.165) is 12.8 Å². The second kappa shape index (κ2) is 9.91. The number of methoxy groups -OCH3 is 2. The number of carbonyl (C=O) groups excluding carboxylic acids is 1. The van der Waals surface area contributed by atoms with Gasteiger partial charge < -0.3 is 23.8 Å². The number of rotatable bonds is 7. The molecule has 1 heterocycles. The number of benzene rings is 2. The highest BCUT2D eigenvalue weighted by Gasteiger charge is 2.31. The van der Waals surface area contributed by atoms with Gasteiger partial charge in [0.15, 0.2) is 0 Å². The van der Waals surface area contributed by atoms with Gasteiger partial charge in [-0.25, -0.2) is 0 Å². The van der Waals surface area contributed by atoms with E-state index < -0.39 is 6.36 Å². The first-order chi connectivity index (χ1) is 14.8. The molecular formula is C22H24F3NO5. The largest absolute Gasteiger partial charge is 0.573 e. The van der Waals surface area contributed by atoms with Gasteiger partial charge in [-0.05, 0) is 42.7 Å². The first-order valence-electron chi connectivity index (χ1n) is 9.76. The number of amides is 1. The molecule has 2 aromatic carbocycles. The van der Waals surface area contributed by atoms with E-state index in [9.17, 15) is 18.0 Å². The number of ether oxygens (including phenoxy) is 4. The molecule has 1 fully saturated rings. The van der Waals surface area contributed by atoms with Crippen LogP contribution >= 0.6 is 0 Å².